The van der Waals surface area contributed by atoms with Crippen molar-refractivity contribution in [2.45, 2.75) is 18.5 Å². The fraction of sp³-hybridized carbons (Fsp3) is 0.240. The van der Waals surface area contributed by atoms with E-state index in [0.29, 0.717) is 23.6 Å². The number of nitrogens with one attached hydrogen (secondary N) is 2. The second-order valence-electron chi connectivity index (χ2n) is 8.15. The van der Waals surface area contributed by atoms with Crippen LogP contribution in [0, 0.1) is 0 Å². The van der Waals surface area contributed by atoms with Gasteiger partial charge in [-0.3, -0.25) is 14.6 Å². The lowest BCUT2D eigenvalue weighted by Gasteiger charge is -2.29. The van der Waals surface area contributed by atoms with Crippen molar-refractivity contribution >= 4 is 34.6 Å². The van der Waals surface area contributed by atoms with E-state index in [1.54, 1.807) is 36.7 Å². The van der Waals surface area contributed by atoms with Gasteiger partial charge >= 0.3 is 0 Å². The number of carbonyl (C=O) groups excluding carboxylic acids is 2. The lowest BCUT2D eigenvalue weighted by molar-refractivity contribution is -0.139. The minimum Gasteiger partial charge on any atom is -0.497 e. The Hall–Kier alpha value is -4.11. The minimum atomic E-state index is -0.440. The van der Waals surface area contributed by atoms with E-state index in [1.807, 2.05) is 18.2 Å². The van der Waals surface area contributed by atoms with Gasteiger partial charge in [-0.25, -0.2) is 10.4 Å². The minimum absolute atomic E-state index is 0.0381. The molecule has 0 aliphatic carbocycles. The van der Waals surface area contributed by atoms with Crippen LogP contribution in [0.15, 0.2) is 65.8 Å². The molecule has 3 aromatic rings. The van der Waals surface area contributed by atoms with Crippen molar-refractivity contribution in [3.8, 4) is 11.5 Å². The maximum absolute atomic E-state index is 13.2. The van der Waals surface area contributed by atoms with Crippen LogP contribution in [0.3, 0.4) is 0 Å². The summed E-state index contributed by atoms with van der Waals surface area (Å²) >= 11 is 0. The fourth-order valence-electron chi connectivity index (χ4n) is 4.44. The normalized spacial score (nSPS) is 19.3. The van der Waals surface area contributed by atoms with Crippen LogP contribution in [0.4, 0.5) is 5.69 Å². The molecular weight excluding hydrogens is 434 g/mol. The topological polar surface area (TPSA) is 95.5 Å². The molecule has 1 saturated heterocycles. The van der Waals surface area contributed by atoms with E-state index in [1.165, 1.54) is 12.1 Å². The molecule has 1 fully saturated rings. The molecule has 2 amide bonds. The fourth-order valence-corrected chi connectivity index (χ4v) is 4.44. The molecule has 2 heterocycles. The molecule has 34 heavy (non-hydrogen) atoms. The highest BCUT2D eigenvalue weighted by Gasteiger charge is 2.41. The zero-order valence-corrected chi connectivity index (χ0v) is 18.9. The number of hydrazine groups is 1. The van der Waals surface area contributed by atoms with Crippen LogP contribution < -0.4 is 20.2 Å². The second-order valence-corrected chi connectivity index (χ2v) is 8.15. The number of carbonyl (C=O) groups is 2. The molecule has 0 aromatic heterocycles. The molecule has 0 bridgehead atoms. The van der Waals surface area contributed by atoms with Crippen LogP contribution in [-0.2, 0) is 9.59 Å². The van der Waals surface area contributed by atoms with Gasteiger partial charge in [-0.2, -0.15) is 5.10 Å². The maximum atomic E-state index is 13.2. The Bertz CT molecular complexity index is 1270. The molecule has 2 unspecified atom stereocenters. The summed E-state index contributed by atoms with van der Waals surface area (Å²) in [4.78, 5) is 25.8. The largest absolute Gasteiger partial charge is 0.497 e. The number of rotatable bonds is 6. The first-order valence-electron chi connectivity index (χ1n) is 11.0. The van der Waals surface area contributed by atoms with Gasteiger partial charge in [0.2, 0.25) is 5.91 Å². The lowest BCUT2D eigenvalue weighted by Crippen LogP contribution is -2.52. The molecule has 174 valence electrons. The number of anilines is 1. The summed E-state index contributed by atoms with van der Waals surface area (Å²) in [5.41, 5.74) is 5.00. The Morgan fingerprint density at radius 2 is 1.94 bits per heavy atom. The number of fused-ring (bicyclic) bond motifs is 2. The quantitative estimate of drug-likeness (QED) is 0.589. The van der Waals surface area contributed by atoms with E-state index in [-0.39, 0.29) is 24.4 Å². The van der Waals surface area contributed by atoms with Gasteiger partial charge in [0.1, 0.15) is 30.4 Å². The summed E-state index contributed by atoms with van der Waals surface area (Å²) in [6, 6.07) is 19.0. The van der Waals surface area contributed by atoms with Crippen molar-refractivity contribution in [1.29, 1.82) is 0 Å². The summed E-state index contributed by atoms with van der Waals surface area (Å²) in [5, 5.41) is 12.2. The van der Waals surface area contributed by atoms with Crippen LogP contribution in [0.2, 0.25) is 0 Å². The second kappa shape index (κ2) is 9.03. The van der Waals surface area contributed by atoms with Crippen molar-refractivity contribution in [2.24, 2.45) is 5.10 Å². The first-order valence-corrected chi connectivity index (χ1v) is 11.0. The number of benzene rings is 3. The SMILES string of the molecule is COc1ccc(NC(=O)CN2N=CN3NC(c4cccc5ccccc45)CC3C2=O)c(OC)c1. The van der Waals surface area contributed by atoms with Crippen molar-refractivity contribution < 1.29 is 19.1 Å². The molecule has 9 heteroatoms. The zero-order chi connectivity index (χ0) is 23.7. The van der Waals surface area contributed by atoms with Gasteiger partial charge in [-0.15, -0.1) is 0 Å². The van der Waals surface area contributed by atoms with Crippen LogP contribution >= 0.6 is 0 Å². The van der Waals surface area contributed by atoms with Crippen molar-refractivity contribution in [1.82, 2.24) is 15.4 Å². The molecule has 0 spiro atoms. The van der Waals surface area contributed by atoms with Crippen LogP contribution in [0.5, 0.6) is 11.5 Å². The first kappa shape index (κ1) is 21.7. The average Bonchev–Trinajstić information content (AvgIpc) is 3.30. The molecule has 2 aliphatic heterocycles. The Labute approximate surface area is 196 Å². The average molecular weight is 460 g/mol. The number of hydrazone groups is 1. The highest BCUT2D eigenvalue weighted by atomic mass is 16.5. The Kier molecular flexibility index (Phi) is 5.77. The number of nitrogens with zero attached hydrogens (tertiary/aromatic N) is 3. The number of ether oxygens (including phenoxy) is 2. The van der Waals surface area contributed by atoms with Gasteiger partial charge in [0, 0.05) is 6.07 Å². The highest BCUT2D eigenvalue weighted by Crippen LogP contribution is 2.33. The van der Waals surface area contributed by atoms with Gasteiger partial charge in [0.15, 0.2) is 0 Å². The van der Waals surface area contributed by atoms with Crippen LogP contribution in [0.1, 0.15) is 18.0 Å². The van der Waals surface area contributed by atoms with E-state index in [2.05, 4.69) is 40.1 Å². The summed E-state index contributed by atoms with van der Waals surface area (Å²) in [7, 11) is 3.07. The van der Waals surface area contributed by atoms with E-state index in [9.17, 15) is 9.59 Å². The van der Waals surface area contributed by atoms with E-state index in [0.717, 1.165) is 16.3 Å². The predicted octanol–water partition coefficient (Wildman–Crippen LogP) is 2.90. The van der Waals surface area contributed by atoms with Gasteiger partial charge < -0.3 is 14.8 Å². The third-order valence-electron chi connectivity index (χ3n) is 6.13. The Balaban J connectivity index is 1.27. The lowest BCUT2D eigenvalue weighted by atomic mass is 9.96. The summed E-state index contributed by atoms with van der Waals surface area (Å²) in [5.74, 6) is 0.471. The molecule has 2 atom stereocenters. The molecular formula is C25H25N5O4. The molecule has 3 aromatic carbocycles. The summed E-state index contributed by atoms with van der Waals surface area (Å²) in [6.07, 6.45) is 2.14. The number of hydrogen-bond acceptors (Lipinski definition) is 7. The Morgan fingerprint density at radius 1 is 1.12 bits per heavy atom. The number of amides is 2. The van der Waals surface area contributed by atoms with Crippen LogP contribution in [0.25, 0.3) is 10.8 Å². The van der Waals surface area contributed by atoms with Gasteiger partial charge in [0.25, 0.3) is 5.91 Å². The van der Waals surface area contributed by atoms with Crippen molar-refractivity contribution in [3.05, 3.63) is 66.2 Å². The standard InChI is InChI=1S/C25H25N5O4/c1-33-17-10-11-20(23(12-17)34-2)27-24(31)14-29-25(32)22-13-21(28-30(22)15-26-29)19-9-5-7-16-6-3-4-8-18(16)19/h3-12,15,21-22,28H,13-14H2,1-2H3,(H,27,31). The van der Waals surface area contributed by atoms with Crippen LogP contribution in [-0.4, -0.2) is 55.0 Å². The van der Waals surface area contributed by atoms with E-state index in [4.69, 9.17) is 9.47 Å². The smallest absolute Gasteiger partial charge is 0.267 e. The predicted molar refractivity (Wildman–Crippen MR) is 128 cm³/mol. The van der Waals surface area contributed by atoms with Gasteiger partial charge in [0.05, 0.1) is 25.9 Å². The number of methoxy groups -OCH3 is 2. The molecule has 0 saturated carbocycles. The third-order valence-corrected chi connectivity index (χ3v) is 6.13. The molecule has 9 nitrogen and oxygen atoms in total. The molecule has 5 rings (SSSR count). The monoisotopic (exact) mass is 459 g/mol. The van der Waals surface area contributed by atoms with Gasteiger partial charge in [-0.1, -0.05) is 42.5 Å². The van der Waals surface area contributed by atoms with E-state index >= 15 is 0 Å². The zero-order valence-electron chi connectivity index (χ0n) is 18.9. The molecule has 0 radical (unpaired) electrons. The third kappa shape index (κ3) is 4.01. The Morgan fingerprint density at radius 3 is 2.76 bits per heavy atom. The molecule has 2 N–H and O–H groups in total. The van der Waals surface area contributed by atoms with Crippen molar-refractivity contribution in [2.75, 3.05) is 26.1 Å². The maximum Gasteiger partial charge on any atom is 0.267 e. The highest BCUT2D eigenvalue weighted by molar-refractivity contribution is 5.97. The summed E-state index contributed by atoms with van der Waals surface area (Å²) in [6.45, 7) is -0.201. The van der Waals surface area contributed by atoms with Crippen molar-refractivity contribution in [3.63, 3.8) is 0 Å². The van der Waals surface area contributed by atoms with E-state index < -0.39 is 6.04 Å². The number of hydrogen-bond donors (Lipinski definition) is 2. The molecule has 2 aliphatic rings. The summed E-state index contributed by atoms with van der Waals surface area (Å²) < 4.78 is 10.5. The van der Waals surface area contributed by atoms with Gasteiger partial charge in [-0.05, 0) is 34.9 Å². The first-order chi connectivity index (χ1) is 16.6.